The molecule has 0 atom stereocenters. The molecule has 2 amide bonds. The maximum absolute atomic E-state index is 13.2. The van der Waals surface area contributed by atoms with Crippen molar-refractivity contribution in [3.63, 3.8) is 0 Å². The molecule has 1 aromatic rings. The van der Waals surface area contributed by atoms with Gasteiger partial charge < -0.3 is 15.4 Å². The van der Waals surface area contributed by atoms with Gasteiger partial charge in [0.05, 0.1) is 6.61 Å². The number of halogens is 2. The van der Waals surface area contributed by atoms with Gasteiger partial charge in [-0.25, -0.2) is 13.6 Å². The van der Waals surface area contributed by atoms with Crippen molar-refractivity contribution in [2.24, 2.45) is 0 Å². The average molecular weight is 258 g/mol. The number of amides is 2. The first kappa shape index (κ1) is 13.9. The number of anilines is 1. The van der Waals surface area contributed by atoms with E-state index in [4.69, 9.17) is 0 Å². The van der Waals surface area contributed by atoms with Crippen LogP contribution in [0.4, 0.5) is 19.3 Å². The molecule has 0 spiro atoms. The van der Waals surface area contributed by atoms with E-state index < -0.39 is 29.3 Å². The molecule has 5 nitrogen and oxygen atoms in total. The van der Waals surface area contributed by atoms with E-state index in [1.54, 1.807) is 6.92 Å². The summed E-state index contributed by atoms with van der Waals surface area (Å²) in [6, 6.07) is 2.28. The second kappa shape index (κ2) is 6.53. The minimum atomic E-state index is -0.902. The highest BCUT2D eigenvalue weighted by atomic mass is 19.1. The Labute approximate surface area is 102 Å². The number of hydrogen-bond donors (Lipinski definition) is 2. The van der Waals surface area contributed by atoms with Gasteiger partial charge >= 0.3 is 12.0 Å². The first-order valence-electron chi connectivity index (χ1n) is 5.19. The zero-order valence-corrected chi connectivity index (χ0v) is 9.63. The van der Waals surface area contributed by atoms with E-state index in [0.29, 0.717) is 0 Å². The Morgan fingerprint density at radius 2 is 1.89 bits per heavy atom. The van der Waals surface area contributed by atoms with Crippen LogP contribution >= 0.6 is 0 Å². The number of urea groups is 1. The summed E-state index contributed by atoms with van der Waals surface area (Å²) in [5.41, 5.74) is -0.571. The lowest BCUT2D eigenvalue weighted by Crippen LogP contribution is -2.34. The number of ether oxygens (including phenoxy) is 1. The second-order valence-corrected chi connectivity index (χ2v) is 3.21. The Balaban J connectivity index is 2.52. The van der Waals surface area contributed by atoms with Crippen molar-refractivity contribution in [3.8, 4) is 0 Å². The molecule has 0 aliphatic heterocycles. The maximum atomic E-state index is 13.2. The lowest BCUT2D eigenvalue weighted by Gasteiger charge is -2.08. The molecule has 0 radical (unpaired) electrons. The van der Waals surface area contributed by atoms with Gasteiger partial charge in [0.1, 0.15) is 23.9 Å². The molecule has 1 rings (SSSR count). The number of hydrogen-bond acceptors (Lipinski definition) is 3. The summed E-state index contributed by atoms with van der Waals surface area (Å²) in [4.78, 5) is 22.2. The molecule has 0 bridgehead atoms. The highest BCUT2D eigenvalue weighted by molar-refractivity contribution is 5.91. The van der Waals surface area contributed by atoms with Crippen LogP contribution in [0.2, 0.25) is 0 Å². The van der Waals surface area contributed by atoms with E-state index in [9.17, 15) is 18.4 Å². The van der Waals surface area contributed by atoms with Crippen LogP contribution in [0.15, 0.2) is 18.2 Å². The maximum Gasteiger partial charge on any atom is 0.325 e. The van der Waals surface area contributed by atoms with Gasteiger partial charge in [-0.15, -0.1) is 0 Å². The highest BCUT2D eigenvalue weighted by Gasteiger charge is 2.12. The molecule has 18 heavy (non-hydrogen) atoms. The first-order chi connectivity index (χ1) is 8.54. The quantitative estimate of drug-likeness (QED) is 0.807. The summed E-state index contributed by atoms with van der Waals surface area (Å²) >= 11 is 0. The van der Waals surface area contributed by atoms with Gasteiger partial charge in [-0.1, -0.05) is 6.07 Å². The molecule has 0 aromatic heterocycles. The number of benzene rings is 1. The Morgan fingerprint density at radius 1 is 1.28 bits per heavy atom. The molecule has 7 heteroatoms. The fraction of sp³-hybridized carbons (Fsp3) is 0.273. The molecular formula is C11H12F2N2O3. The number of para-hydroxylation sites is 1. The number of rotatable bonds is 4. The molecule has 2 N–H and O–H groups in total. The van der Waals surface area contributed by atoms with Crippen LogP contribution in [-0.4, -0.2) is 25.2 Å². The summed E-state index contributed by atoms with van der Waals surface area (Å²) in [5, 5.41) is 4.08. The van der Waals surface area contributed by atoms with Crippen LogP contribution in [0.3, 0.4) is 0 Å². The van der Waals surface area contributed by atoms with Crippen molar-refractivity contribution in [1.29, 1.82) is 0 Å². The number of carbonyl (C=O) groups excluding carboxylic acids is 2. The Kier molecular flexibility index (Phi) is 5.04. The third-order valence-electron chi connectivity index (χ3n) is 1.90. The van der Waals surface area contributed by atoms with Crippen LogP contribution in [0.25, 0.3) is 0 Å². The van der Waals surface area contributed by atoms with E-state index in [-0.39, 0.29) is 13.2 Å². The predicted molar refractivity (Wildman–Crippen MR) is 60.0 cm³/mol. The van der Waals surface area contributed by atoms with Gasteiger partial charge in [-0.3, -0.25) is 4.79 Å². The van der Waals surface area contributed by atoms with Gasteiger partial charge in [0.2, 0.25) is 0 Å². The fourth-order valence-corrected chi connectivity index (χ4v) is 1.14. The van der Waals surface area contributed by atoms with Gasteiger partial charge in [-0.2, -0.15) is 0 Å². The van der Waals surface area contributed by atoms with Crippen molar-refractivity contribution in [1.82, 2.24) is 5.32 Å². The summed E-state index contributed by atoms with van der Waals surface area (Å²) in [6.45, 7) is 1.42. The normalized spacial score (nSPS) is 9.72. The molecule has 0 saturated heterocycles. The molecule has 0 heterocycles. The molecule has 0 aliphatic carbocycles. The largest absolute Gasteiger partial charge is 0.465 e. The van der Waals surface area contributed by atoms with Crippen molar-refractivity contribution < 1.29 is 23.1 Å². The van der Waals surface area contributed by atoms with Crippen molar-refractivity contribution >= 4 is 17.7 Å². The fourth-order valence-electron chi connectivity index (χ4n) is 1.14. The van der Waals surface area contributed by atoms with E-state index >= 15 is 0 Å². The van der Waals surface area contributed by atoms with Crippen LogP contribution in [0, 0.1) is 11.6 Å². The van der Waals surface area contributed by atoms with Crippen LogP contribution in [0.1, 0.15) is 6.92 Å². The predicted octanol–water partition coefficient (Wildman–Crippen LogP) is 1.65. The standard InChI is InChI=1S/C11H12F2N2O3/c1-2-18-9(16)6-14-11(17)15-10-7(12)4-3-5-8(10)13/h3-5H,2,6H2,1H3,(H2,14,15,17). The lowest BCUT2D eigenvalue weighted by molar-refractivity contribution is -0.141. The summed E-state index contributed by atoms with van der Waals surface area (Å²) < 4.78 is 30.9. The van der Waals surface area contributed by atoms with Crippen LogP contribution in [0.5, 0.6) is 0 Å². The number of nitrogens with one attached hydrogen (secondary N) is 2. The minimum Gasteiger partial charge on any atom is -0.465 e. The molecular weight excluding hydrogens is 246 g/mol. The zero-order chi connectivity index (χ0) is 13.5. The molecule has 0 unspecified atom stereocenters. The van der Waals surface area contributed by atoms with Crippen LogP contribution < -0.4 is 10.6 Å². The first-order valence-corrected chi connectivity index (χ1v) is 5.19. The van der Waals surface area contributed by atoms with Gasteiger partial charge in [-0.05, 0) is 19.1 Å². The summed E-state index contributed by atoms with van der Waals surface area (Å²) in [6.07, 6.45) is 0. The minimum absolute atomic E-state index is 0.185. The Morgan fingerprint density at radius 3 is 2.44 bits per heavy atom. The molecule has 1 aromatic carbocycles. The Bertz CT molecular complexity index is 432. The molecule has 0 fully saturated rings. The smallest absolute Gasteiger partial charge is 0.325 e. The Hall–Kier alpha value is -2.18. The van der Waals surface area contributed by atoms with Crippen LogP contribution in [-0.2, 0) is 9.53 Å². The highest BCUT2D eigenvalue weighted by Crippen LogP contribution is 2.17. The van der Waals surface area contributed by atoms with Gasteiger partial charge in [0.25, 0.3) is 0 Å². The third kappa shape index (κ3) is 4.00. The molecule has 0 aliphatic rings. The number of esters is 1. The van der Waals surface area contributed by atoms with Gasteiger partial charge in [0.15, 0.2) is 0 Å². The lowest BCUT2D eigenvalue weighted by atomic mass is 10.3. The van der Waals surface area contributed by atoms with E-state index in [1.165, 1.54) is 6.07 Å². The van der Waals surface area contributed by atoms with Crippen molar-refractivity contribution in [3.05, 3.63) is 29.8 Å². The monoisotopic (exact) mass is 258 g/mol. The van der Waals surface area contributed by atoms with Crippen molar-refractivity contribution in [2.45, 2.75) is 6.92 Å². The van der Waals surface area contributed by atoms with Crippen molar-refractivity contribution in [2.75, 3.05) is 18.5 Å². The second-order valence-electron chi connectivity index (χ2n) is 3.21. The molecule has 98 valence electrons. The summed E-state index contributed by atoms with van der Waals surface area (Å²) in [5.74, 6) is -2.44. The van der Waals surface area contributed by atoms with E-state index in [1.807, 2.05) is 5.32 Å². The van der Waals surface area contributed by atoms with E-state index in [0.717, 1.165) is 12.1 Å². The van der Waals surface area contributed by atoms with E-state index in [2.05, 4.69) is 10.1 Å². The number of carbonyl (C=O) groups is 2. The van der Waals surface area contributed by atoms with Gasteiger partial charge in [0, 0.05) is 0 Å². The summed E-state index contributed by atoms with van der Waals surface area (Å²) in [7, 11) is 0. The average Bonchev–Trinajstić information content (AvgIpc) is 2.32. The topological polar surface area (TPSA) is 67.4 Å². The third-order valence-corrected chi connectivity index (χ3v) is 1.90. The zero-order valence-electron chi connectivity index (χ0n) is 9.63. The SMILES string of the molecule is CCOC(=O)CNC(=O)Nc1c(F)cccc1F. The molecule has 0 saturated carbocycles.